The monoisotopic (exact) mass is 367 g/mol. The molecule has 0 aliphatic carbocycles. The van der Waals surface area contributed by atoms with Crippen LogP contribution in [0.3, 0.4) is 0 Å². The van der Waals surface area contributed by atoms with E-state index >= 15 is 0 Å². The molecule has 0 spiro atoms. The summed E-state index contributed by atoms with van der Waals surface area (Å²) in [7, 11) is 0. The summed E-state index contributed by atoms with van der Waals surface area (Å²) in [4.78, 5) is 4.63. The molecule has 1 fully saturated rings. The highest BCUT2D eigenvalue weighted by atomic mass is 35.5. The first-order chi connectivity index (χ1) is 12.3. The molecule has 0 radical (unpaired) electrons. The number of ether oxygens (including phenoxy) is 2. The summed E-state index contributed by atoms with van der Waals surface area (Å²) in [5.74, 6) is 0.878. The number of aryl methyl sites for hydroxylation is 1. The Kier molecular flexibility index (Phi) is 9.70. The van der Waals surface area contributed by atoms with E-state index in [4.69, 9.17) is 21.1 Å². The molecular formula is C19H30ClN3O2. The maximum absolute atomic E-state index is 5.90. The van der Waals surface area contributed by atoms with Gasteiger partial charge in [-0.15, -0.1) is 0 Å². The molecule has 1 aromatic rings. The number of hydrogen-bond acceptors (Lipinski definition) is 3. The second kappa shape index (κ2) is 12.1. The van der Waals surface area contributed by atoms with E-state index < -0.39 is 0 Å². The van der Waals surface area contributed by atoms with Gasteiger partial charge in [0.1, 0.15) is 0 Å². The maximum Gasteiger partial charge on any atom is 0.191 e. The number of halogens is 1. The van der Waals surface area contributed by atoms with Crippen LogP contribution < -0.4 is 10.6 Å². The Morgan fingerprint density at radius 3 is 2.84 bits per heavy atom. The average molecular weight is 368 g/mol. The zero-order valence-electron chi connectivity index (χ0n) is 15.1. The van der Waals surface area contributed by atoms with Crippen molar-refractivity contribution in [1.82, 2.24) is 10.6 Å². The van der Waals surface area contributed by atoms with E-state index in [1.807, 2.05) is 12.1 Å². The molecule has 1 aliphatic rings. The molecule has 0 bridgehead atoms. The van der Waals surface area contributed by atoms with Gasteiger partial charge in [0, 0.05) is 37.9 Å². The molecule has 1 aromatic carbocycles. The second-order valence-electron chi connectivity index (χ2n) is 6.13. The lowest BCUT2D eigenvalue weighted by Crippen LogP contribution is -2.38. The molecular weight excluding hydrogens is 338 g/mol. The van der Waals surface area contributed by atoms with Crippen molar-refractivity contribution in [2.24, 2.45) is 4.99 Å². The molecule has 1 heterocycles. The van der Waals surface area contributed by atoms with Crippen LogP contribution in [0.5, 0.6) is 0 Å². The summed E-state index contributed by atoms with van der Waals surface area (Å²) in [6, 6.07) is 8.02. The molecule has 2 rings (SSSR count). The molecule has 1 aliphatic heterocycles. The summed E-state index contributed by atoms with van der Waals surface area (Å²) >= 11 is 5.90. The molecule has 140 valence electrons. The predicted molar refractivity (Wildman–Crippen MR) is 104 cm³/mol. The normalized spacial score (nSPS) is 17.7. The highest BCUT2D eigenvalue weighted by Gasteiger charge is 2.15. The van der Waals surface area contributed by atoms with Crippen LogP contribution in [-0.4, -0.2) is 51.5 Å². The van der Waals surface area contributed by atoms with Gasteiger partial charge in [-0.1, -0.05) is 23.7 Å². The Balaban J connectivity index is 1.59. The van der Waals surface area contributed by atoms with Gasteiger partial charge in [0.15, 0.2) is 5.96 Å². The van der Waals surface area contributed by atoms with E-state index in [0.29, 0.717) is 0 Å². The minimum atomic E-state index is 0.287. The Labute approximate surface area is 156 Å². The molecule has 2 N–H and O–H groups in total. The van der Waals surface area contributed by atoms with Crippen LogP contribution in [0.25, 0.3) is 0 Å². The van der Waals surface area contributed by atoms with Crippen LogP contribution in [-0.2, 0) is 15.9 Å². The molecule has 6 heteroatoms. The largest absolute Gasteiger partial charge is 0.379 e. The number of rotatable bonds is 10. The van der Waals surface area contributed by atoms with E-state index in [1.165, 1.54) is 5.56 Å². The third-order valence-electron chi connectivity index (χ3n) is 4.01. The smallest absolute Gasteiger partial charge is 0.191 e. The first kappa shape index (κ1) is 20.0. The summed E-state index contributed by atoms with van der Waals surface area (Å²) < 4.78 is 11.1. The van der Waals surface area contributed by atoms with Crippen LogP contribution in [0.1, 0.15) is 31.7 Å². The van der Waals surface area contributed by atoms with Gasteiger partial charge in [-0.25, -0.2) is 0 Å². The van der Waals surface area contributed by atoms with E-state index in [9.17, 15) is 0 Å². The number of nitrogens with one attached hydrogen (secondary N) is 2. The molecule has 0 amide bonds. The molecule has 1 unspecified atom stereocenters. The zero-order chi connectivity index (χ0) is 17.7. The Morgan fingerprint density at radius 1 is 1.28 bits per heavy atom. The van der Waals surface area contributed by atoms with Crippen molar-refractivity contribution in [3.8, 4) is 0 Å². The molecule has 5 nitrogen and oxygen atoms in total. The van der Waals surface area contributed by atoms with Gasteiger partial charge in [0.25, 0.3) is 0 Å². The minimum Gasteiger partial charge on any atom is -0.379 e. The third-order valence-corrected chi connectivity index (χ3v) is 4.26. The summed E-state index contributed by atoms with van der Waals surface area (Å²) in [6.45, 7) is 6.93. The van der Waals surface area contributed by atoms with Gasteiger partial charge < -0.3 is 20.1 Å². The molecule has 25 heavy (non-hydrogen) atoms. The number of hydrogen-bond donors (Lipinski definition) is 2. The van der Waals surface area contributed by atoms with Crippen molar-refractivity contribution >= 4 is 17.6 Å². The minimum absolute atomic E-state index is 0.287. The van der Waals surface area contributed by atoms with E-state index in [-0.39, 0.29) is 6.10 Å². The standard InChI is InChI=1S/C19H30ClN3O2/c1-2-21-19(23-12-4-13-25-18-10-14-24-15-18)22-11-3-5-16-6-8-17(20)9-7-16/h6-9,18H,2-5,10-15H2,1H3,(H2,21,22,23). The first-order valence-electron chi connectivity index (χ1n) is 9.24. The summed E-state index contributed by atoms with van der Waals surface area (Å²) in [6.07, 6.45) is 4.30. The van der Waals surface area contributed by atoms with Crippen LogP contribution in [0.15, 0.2) is 29.3 Å². The fraction of sp³-hybridized carbons (Fsp3) is 0.632. The highest BCUT2D eigenvalue weighted by molar-refractivity contribution is 6.30. The SMILES string of the molecule is CCNC(=NCCCc1ccc(Cl)cc1)NCCCOC1CCOC1. The van der Waals surface area contributed by atoms with Crippen molar-refractivity contribution in [1.29, 1.82) is 0 Å². The Bertz CT molecular complexity index is 502. The van der Waals surface area contributed by atoms with Crippen molar-refractivity contribution in [2.45, 2.75) is 38.7 Å². The number of aliphatic imine (C=N–C) groups is 1. The van der Waals surface area contributed by atoms with Crippen LogP contribution in [0, 0.1) is 0 Å². The van der Waals surface area contributed by atoms with Gasteiger partial charge in [0.05, 0.1) is 12.7 Å². The molecule has 0 saturated carbocycles. The number of nitrogens with zero attached hydrogens (tertiary/aromatic N) is 1. The second-order valence-corrected chi connectivity index (χ2v) is 6.56. The number of benzene rings is 1. The lowest BCUT2D eigenvalue weighted by molar-refractivity contribution is 0.0420. The van der Waals surface area contributed by atoms with Crippen LogP contribution in [0.2, 0.25) is 5.02 Å². The zero-order valence-corrected chi connectivity index (χ0v) is 15.9. The van der Waals surface area contributed by atoms with Crippen LogP contribution >= 0.6 is 11.6 Å². The topological polar surface area (TPSA) is 54.9 Å². The average Bonchev–Trinajstić information content (AvgIpc) is 3.13. The number of guanidine groups is 1. The van der Waals surface area contributed by atoms with Crippen molar-refractivity contribution in [3.05, 3.63) is 34.9 Å². The van der Waals surface area contributed by atoms with E-state index in [0.717, 1.165) is 76.1 Å². The van der Waals surface area contributed by atoms with Crippen LogP contribution in [0.4, 0.5) is 0 Å². The lowest BCUT2D eigenvalue weighted by atomic mass is 10.1. The van der Waals surface area contributed by atoms with Crippen molar-refractivity contribution in [3.63, 3.8) is 0 Å². The molecule has 0 aromatic heterocycles. The first-order valence-corrected chi connectivity index (χ1v) is 9.61. The van der Waals surface area contributed by atoms with Gasteiger partial charge in [-0.3, -0.25) is 4.99 Å². The van der Waals surface area contributed by atoms with E-state index in [1.54, 1.807) is 0 Å². The highest BCUT2D eigenvalue weighted by Crippen LogP contribution is 2.11. The van der Waals surface area contributed by atoms with Gasteiger partial charge in [0.2, 0.25) is 0 Å². The Morgan fingerprint density at radius 2 is 2.12 bits per heavy atom. The quantitative estimate of drug-likeness (QED) is 0.379. The predicted octanol–water partition coefficient (Wildman–Crippen LogP) is 3.02. The van der Waals surface area contributed by atoms with Crippen molar-refractivity contribution < 1.29 is 9.47 Å². The summed E-state index contributed by atoms with van der Waals surface area (Å²) in [5, 5.41) is 7.43. The van der Waals surface area contributed by atoms with E-state index in [2.05, 4.69) is 34.7 Å². The Hall–Kier alpha value is -1.30. The van der Waals surface area contributed by atoms with Crippen molar-refractivity contribution in [2.75, 3.05) is 39.5 Å². The lowest BCUT2D eigenvalue weighted by Gasteiger charge is -2.13. The van der Waals surface area contributed by atoms with Gasteiger partial charge in [-0.05, 0) is 50.3 Å². The van der Waals surface area contributed by atoms with Gasteiger partial charge in [-0.2, -0.15) is 0 Å². The third kappa shape index (κ3) is 8.56. The fourth-order valence-corrected chi connectivity index (χ4v) is 2.77. The van der Waals surface area contributed by atoms with Gasteiger partial charge >= 0.3 is 0 Å². The summed E-state index contributed by atoms with van der Waals surface area (Å²) in [5.41, 5.74) is 1.30. The maximum atomic E-state index is 5.90. The molecule has 1 atom stereocenters. The molecule has 1 saturated heterocycles. The fourth-order valence-electron chi connectivity index (χ4n) is 2.64.